The van der Waals surface area contributed by atoms with E-state index in [9.17, 15) is 22.8 Å². The molecular formula is C23H26F3N3O2. The Balaban J connectivity index is 2.10. The molecule has 0 aliphatic heterocycles. The summed E-state index contributed by atoms with van der Waals surface area (Å²) in [7, 11) is 0. The van der Waals surface area contributed by atoms with E-state index in [0.29, 0.717) is 16.0 Å². The number of pyridine rings is 1. The monoisotopic (exact) mass is 433 g/mol. The molecule has 0 spiro atoms. The number of hydrogen-bond acceptors (Lipinski definition) is 3. The van der Waals surface area contributed by atoms with Gasteiger partial charge in [-0.2, -0.15) is 13.2 Å². The van der Waals surface area contributed by atoms with Gasteiger partial charge in [0.25, 0.3) is 0 Å². The average molecular weight is 433 g/mol. The number of benzene rings is 1. The van der Waals surface area contributed by atoms with E-state index in [0.717, 1.165) is 32.1 Å². The zero-order valence-corrected chi connectivity index (χ0v) is 17.6. The molecule has 1 fully saturated rings. The molecule has 1 saturated carbocycles. The fraction of sp³-hybridized carbons (Fsp3) is 0.435. The standard InChI is InChI=1S/C23H26F3N3O2/c1-15-12-16(2)14-19(13-15)29(22(31)23(24,25)26)20(17-8-10-27-11-9-17)21(30)28-18-6-4-3-5-7-18/h8-14,18,20H,3-7H2,1-2H3,(H,28,30)/t20-/m1/s1. The van der Waals surface area contributed by atoms with Gasteiger partial charge in [-0.15, -0.1) is 0 Å². The number of anilines is 1. The molecule has 31 heavy (non-hydrogen) atoms. The molecular weight excluding hydrogens is 407 g/mol. The minimum Gasteiger partial charge on any atom is -0.351 e. The summed E-state index contributed by atoms with van der Waals surface area (Å²) in [6.45, 7) is 3.46. The van der Waals surface area contributed by atoms with Crippen molar-refractivity contribution in [2.75, 3.05) is 4.90 Å². The van der Waals surface area contributed by atoms with Crippen LogP contribution in [0.25, 0.3) is 0 Å². The Morgan fingerprint density at radius 2 is 1.61 bits per heavy atom. The smallest absolute Gasteiger partial charge is 0.351 e. The van der Waals surface area contributed by atoms with Gasteiger partial charge in [-0.3, -0.25) is 19.5 Å². The largest absolute Gasteiger partial charge is 0.471 e. The molecule has 0 bridgehead atoms. The first-order valence-electron chi connectivity index (χ1n) is 10.4. The van der Waals surface area contributed by atoms with Crippen molar-refractivity contribution in [2.24, 2.45) is 0 Å². The van der Waals surface area contributed by atoms with Crippen LogP contribution in [-0.2, 0) is 9.59 Å². The molecule has 0 saturated heterocycles. The van der Waals surface area contributed by atoms with E-state index < -0.39 is 24.0 Å². The number of carbonyl (C=O) groups excluding carboxylic acids is 2. The Kier molecular flexibility index (Phi) is 6.97. The molecule has 5 nitrogen and oxygen atoms in total. The Hall–Kier alpha value is -2.90. The number of amides is 2. The van der Waals surface area contributed by atoms with Crippen molar-refractivity contribution in [3.05, 3.63) is 59.4 Å². The second-order valence-corrected chi connectivity index (χ2v) is 8.05. The van der Waals surface area contributed by atoms with E-state index in [1.54, 1.807) is 19.9 Å². The van der Waals surface area contributed by atoms with Crippen LogP contribution in [0.2, 0.25) is 0 Å². The van der Waals surface area contributed by atoms with Crippen LogP contribution in [0.5, 0.6) is 0 Å². The van der Waals surface area contributed by atoms with Gasteiger partial charge < -0.3 is 5.32 Å². The number of carbonyl (C=O) groups is 2. The van der Waals surface area contributed by atoms with Crippen molar-refractivity contribution in [1.82, 2.24) is 10.3 Å². The first-order valence-corrected chi connectivity index (χ1v) is 10.4. The second-order valence-electron chi connectivity index (χ2n) is 8.05. The van der Waals surface area contributed by atoms with Gasteiger partial charge in [-0.25, -0.2) is 0 Å². The molecule has 166 valence electrons. The topological polar surface area (TPSA) is 62.3 Å². The molecule has 3 rings (SSSR count). The van der Waals surface area contributed by atoms with Gasteiger partial charge in [0.1, 0.15) is 6.04 Å². The molecule has 8 heteroatoms. The van der Waals surface area contributed by atoms with Gasteiger partial charge in [-0.05, 0) is 67.6 Å². The van der Waals surface area contributed by atoms with E-state index in [-0.39, 0.29) is 17.3 Å². The Labute approximate surface area is 179 Å². The third-order valence-corrected chi connectivity index (χ3v) is 5.43. The van der Waals surface area contributed by atoms with Crippen molar-refractivity contribution >= 4 is 17.5 Å². The van der Waals surface area contributed by atoms with Gasteiger partial charge >= 0.3 is 12.1 Å². The quantitative estimate of drug-likeness (QED) is 0.738. The SMILES string of the molecule is Cc1cc(C)cc(N(C(=O)C(F)(F)F)[C@@H](C(=O)NC2CCCCC2)c2ccncc2)c1. The molecule has 0 unspecified atom stereocenters. The Morgan fingerprint density at radius 3 is 2.16 bits per heavy atom. The van der Waals surface area contributed by atoms with E-state index >= 15 is 0 Å². The number of hydrogen-bond donors (Lipinski definition) is 1. The van der Waals surface area contributed by atoms with E-state index in [2.05, 4.69) is 10.3 Å². The maximum absolute atomic E-state index is 13.6. The van der Waals surface area contributed by atoms with Gasteiger partial charge in [0.05, 0.1) is 0 Å². The van der Waals surface area contributed by atoms with Crippen LogP contribution >= 0.6 is 0 Å². The zero-order valence-electron chi connectivity index (χ0n) is 17.6. The highest BCUT2D eigenvalue weighted by molar-refractivity contribution is 6.04. The van der Waals surface area contributed by atoms with Crippen LogP contribution in [0, 0.1) is 13.8 Å². The fourth-order valence-electron chi connectivity index (χ4n) is 4.10. The molecule has 1 aliphatic carbocycles. The third kappa shape index (κ3) is 5.62. The lowest BCUT2D eigenvalue weighted by atomic mass is 9.94. The van der Waals surface area contributed by atoms with E-state index in [1.165, 1.54) is 36.7 Å². The lowest BCUT2D eigenvalue weighted by molar-refractivity contribution is -0.171. The number of aromatic nitrogens is 1. The molecule has 1 heterocycles. The minimum absolute atomic E-state index is 0.0282. The summed E-state index contributed by atoms with van der Waals surface area (Å²) in [5, 5.41) is 2.88. The van der Waals surface area contributed by atoms with Gasteiger partial charge in [0, 0.05) is 24.1 Å². The maximum atomic E-state index is 13.6. The first-order chi connectivity index (χ1) is 14.7. The molecule has 1 N–H and O–H groups in total. The fourth-order valence-corrected chi connectivity index (χ4v) is 4.10. The lowest BCUT2D eigenvalue weighted by Gasteiger charge is -2.34. The second kappa shape index (κ2) is 9.49. The summed E-state index contributed by atoms with van der Waals surface area (Å²) in [5.41, 5.74) is 1.67. The normalized spacial score (nSPS) is 15.9. The van der Waals surface area contributed by atoms with Crippen LogP contribution in [-0.4, -0.2) is 29.0 Å². The predicted molar refractivity (Wildman–Crippen MR) is 111 cm³/mol. The maximum Gasteiger partial charge on any atom is 0.471 e. The average Bonchev–Trinajstić information content (AvgIpc) is 2.71. The number of nitrogens with zero attached hydrogens (tertiary/aromatic N) is 2. The number of aryl methyl sites for hydroxylation is 2. The molecule has 2 aromatic rings. The van der Waals surface area contributed by atoms with Crippen molar-refractivity contribution < 1.29 is 22.8 Å². The Morgan fingerprint density at radius 1 is 1.03 bits per heavy atom. The highest BCUT2D eigenvalue weighted by Gasteiger charge is 2.47. The summed E-state index contributed by atoms with van der Waals surface area (Å²) < 4.78 is 40.9. The summed E-state index contributed by atoms with van der Waals surface area (Å²) in [4.78, 5) is 30.4. The lowest BCUT2D eigenvalue weighted by Crippen LogP contribution is -2.50. The molecule has 1 atom stereocenters. The Bertz CT molecular complexity index is 905. The van der Waals surface area contributed by atoms with E-state index in [4.69, 9.17) is 0 Å². The summed E-state index contributed by atoms with van der Waals surface area (Å²) in [5.74, 6) is -2.71. The highest BCUT2D eigenvalue weighted by atomic mass is 19.4. The summed E-state index contributed by atoms with van der Waals surface area (Å²) >= 11 is 0. The van der Waals surface area contributed by atoms with Crippen molar-refractivity contribution in [2.45, 2.75) is 64.2 Å². The highest BCUT2D eigenvalue weighted by Crippen LogP contribution is 2.34. The van der Waals surface area contributed by atoms with Crippen LogP contribution < -0.4 is 10.2 Å². The number of halogens is 3. The number of alkyl halides is 3. The van der Waals surface area contributed by atoms with Crippen molar-refractivity contribution in [3.63, 3.8) is 0 Å². The van der Waals surface area contributed by atoms with Gasteiger partial charge in [-0.1, -0.05) is 25.3 Å². The molecule has 0 radical (unpaired) electrons. The summed E-state index contributed by atoms with van der Waals surface area (Å²) in [6, 6.07) is 6.10. The van der Waals surface area contributed by atoms with Crippen LogP contribution in [0.4, 0.5) is 18.9 Å². The minimum atomic E-state index is -5.14. The summed E-state index contributed by atoms with van der Waals surface area (Å²) in [6.07, 6.45) is 2.16. The van der Waals surface area contributed by atoms with Gasteiger partial charge in [0.2, 0.25) is 5.91 Å². The number of nitrogens with one attached hydrogen (secondary N) is 1. The molecule has 1 aliphatic rings. The van der Waals surface area contributed by atoms with Gasteiger partial charge in [0.15, 0.2) is 0 Å². The van der Waals surface area contributed by atoms with Crippen molar-refractivity contribution in [1.29, 1.82) is 0 Å². The zero-order chi connectivity index (χ0) is 22.6. The van der Waals surface area contributed by atoms with E-state index in [1.807, 2.05) is 0 Å². The molecule has 1 aromatic carbocycles. The molecule has 1 aromatic heterocycles. The third-order valence-electron chi connectivity index (χ3n) is 5.43. The van der Waals surface area contributed by atoms with Crippen LogP contribution in [0.15, 0.2) is 42.7 Å². The molecule has 2 amide bonds. The van der Waals surface area contributed by atoms with Crippen LogP contribution in [0.1, 0.15) is 54.8 Å². The number of rotatable bonds is 5. The van der Waals surface area contributed by atoms with Crippen LogP contribution in [0.3, 0.4) is 0 Å². The predicted octanol–water partition coefficient (Wildman–Crippen LogP) is 4.78. The van der Waals surface area contributed by atoms with Crippen molar-refractivity contribution in [3.8, 4) is 0 Å². The first kappa shape index (κ1) is 22.8.